The van der Waals surface area contributed by atoms with Crippen LogP contribution in [0.3, 0.4) is 0 Å². The molecule has 0 amide bonds. The highest BCUT2D eigenvalue weighted by molar-refractivity contribution is 7.93. The van der Waals surface area contributed by atoms with Crippen LogP contribution in [0.2, 0.25) is 5.02 Å². The van der Waals surface area contributed by atoms with Crippen molar-refractivity contribution in [1.29, 1.82) is 0 Å². The van der Waals surface area contributed by atoms with Crippen molar-refractivity contribution >= 4 is 38.1 Å². The highest BCUT2D eigenvalue weighted by Gasteiger charge is 2.17. The number of hydrogen-bond acceptors (Lipinski definition) is 6. The van der Waals surface area contributed by atoms with Crippen molar-refractivity contribution in [3.63, 3.8) is 0 Å². The Kier molecular flexibility index (Phi) is 4.70. The van der Waals surface area contributed by atoms with Crippen LogP contribution in [-0.2, 0) is 10.0 Å². The summed E-state index contributed by atoms with van der Waals surface area (Å²) in [5, 5.41) is 9.16. The number of rotatable bonds is 5. The number of nitrogens with one attached hydrogen (secondary N) is 1. The molecule has 0 bridgehead atoms. The Morgan fingerprint density at radius 2 is 1.71 bits per heavy atom. The second-order valence-electron chi connectivity index (χ2n) is 4.70. The zero-order valence-electron chi connectivity index (χ0n) is 12.4. The predicted molar refractivity (Wildman–Crippen MR) is 94.2 cm³/mol. The first-order chi connectivity index (χ1) is 11.5. The number of hydrogen-bond donors (Lipinski definition) is 1. The van der Waals surface area contributed by atoms with E-state index in [1.807, 2.05) is 12.1 Å². The van der Waals surface area contributed by atoms with E-state index in [1.165, 1.54) is 24.3 Å². The number of methoxy groups -OCH3 is 1. The summed E-state index contributed by atoms with van der Waals surface area (Å²) in [6.45, 7) is 0. The summed E-state index contributed by atoms with van der Waals surface area (Å²) >= 11 is 6.91. The highest BCUT2D eigenvalue weighted by atomic mass is 35.5. The van der Waals surface area contributed by atoms with Crippen molar-refractivity contribution in [3.05, 3.63) is 53.6 Å². The van der Waals surface area contributed by atoms with Gasteiger partial charge in [0.1, 0.15) is 10.8 Å². The third kappa shape index (κ3) is 3.66. The van der Waals surface area contributed by atoms with E-state index in [4.69, 9.17) is 16.3 Å². The molecule has 0 spiro atoms. The van der Waals surface area contributed by atoms with Gasteiger partial charge in [-0.05, 0) is 48.5 Å². The second kappa shape index (κ2) is 6.76. The number of nitrogens with zero attached hydrogens (tertiary/aromatic N) is 2. The highest BCUT2D eigenvalue weighted by Crippen LogP contribution is 2.29. The van der Waals surface area contributed by atoms with Crippen LogP contribution >= 0.6 is 22.9 Å². The van der Waals surface area contributed by atoms with Gasteiger partial charge in [-0.2, -0.15) is 0 Å². The van der Waals surface area contributed by atoms with Gasteiger partial charge in [0.2, 0.25) is 5.13 Å². The van der Waals surface area contributed by atoms with Crippen molar-refractivity contribution in [2.45, 2.75) is 4.90 Å². The Hall–Kier alpha value is -2.16. The first kappa shape index (κ1) is 16.7. The Balaban J connectivity index is 1.81. The lowest BCUT2D eigenvalue weighted by Crippen LogP contribution is -2.12. The molecule has 1 aromatic heterocycles. The lowest BCUT2D eigenvalue weighted by molar-refractivity contribution is 0.415. The Bertz CT molecular complexity index is 939. The smallest absolute Gasteiger partial charge is 0.263 e. The SMILES string of the molecule is COc1ccc(-c2nnc(NS(=O)(=O)c3ccc(Cl)cc3)s2)cc1. The molecule has 0 radical (unpaired) electrons. The molecule has 0 saturated carbocycles. The van der Waals surface area contributed by atoms with E-state index < -0.39 is 10.0 Å². The molecule has 3 aromatic rings. The number of anilines is 1. The quantitative estimate of drug-likeness (QED) is 0.729. The van der Waals surface area contributed by atoms with Gasteiger partial charge in [0, 0.05) is 10.6 Å². The molecule has 0 fully saturated rings. The van der Waals surface area contributed by atoms with Crippen molar-refractivity contribution in [3.8, 4) is 16.3 Å². The molecule has 0 saturated heterocycles. The van der Waals surface area contributed by atoms with Crippen LogP contribution in [0.5, 0.6) is 5.75 Å². The maximum atomic E-state index is 12.3. The van der Waals surface area contributed by atoms with Gasteiger partial charge < -0.3 is 4.74 Å². The minimum atomic E-state index is -3.73. The van der Waals surface area contributed by atoms with Gasteiger partial charge in [0.05, 0.1) is 12.0 Å². The van der Waals surface area contributed by atoms with E-state index in [2.05, 4.69) is 14.9 Å². The van der Waals surface area contributed by atoms with Crippen molar-refractivity contribution in [2.75, 3.05) is 11.8 Å². The molecule has 9 heteroatoms. The van der Waals surface area contributed by atoms with E-state index in [0.29, 0.717) is 10.0 Å². The summed E-state index contributed by atoms with van der Waals surface area (Å²) in [6.07, 6.45) is 0. The fourth-order valence-corrected chi connectivity index (χ4v) is 4.01. The maximum absolute atomic E-state index is 12.3. The number of benzene rings is 2. The maximum Gasteiger partial charge on any atom is 0.263 e. The summed E-state index contributed by atoms with van der Waals surface area (Å²) in [4.78, 5) is 0.105. The van der Waals surface area contributed by atoms with Crippen LogP contribution in [0, 0.1) is 0 Å². The van der Waals surface area contributed by atoms with Crippen LogP contribution in [0.4, 0.5) is 5.13 Å². The number of halogens is 1. The minimum absolute atomic E-state index is 0.105. The molecular weight excluding hydrogens is 370 g/mol. The summed E-state index contributed by atoms with van der Waals surface area (Å²) in [7, 11) is -2.14. The van der Waals surface area contributed by atoms with Gasteiger partial charge in [-0.1, -0.05) is 22.9 Å². The van der Waals surface area contributed by atoms with Crippen molar-refractivity contribution < 1.29 is 13.2 Å². The zero-order valence-corrected chi connectivity index (χ0v) is 14.8. The summed E-state index contributed by atoms with van der Waals surface area (Å²) < 4.78 is 32.1. The van der Waals surface area contributed by atoms with Gasteiger partial charge >= 0.3 is 0 Å². The van der Waals surface area contributed by atoms with Crippen LogP contribution in [-0.4, -0.2) is 25.7 Å². The normalized spacial score (nSPS) is 11.2. The fourth-order valence-electron chi connectivity index (χ4n) is 1.90. The molecule has 3 rings (SSSR count). The van der Waals surface area contributed by atoms with E-state index in [-0.39, 0.29) is 10.0 Å². The molecule has 124 valence electrons. The first-order valence-electron chi connectivity index (χ1n) is 6.74. The third-order valence-corrected chi connectivity index (χ3v) is 5.73. The molecule has 0 aliphatic rings. The average Bonchev–Trinajstić information content (AvgIpc) is 3.03. The van der Waals surface area contributed by atoms with Gasteiger partial charge in [-0.3, -0.25) is 4.72 Å². The minimum Gasteiger partial charge on any atom is -0.497 e. The number of ether oxygens (including phenoxy) is 1. The van der Waals surface area contributed by atoms with Crippen LogP contribution in [0.25, 0.3) is 10.6 Å². The van der Waals surface area contributed by atoms with Crippen LogP contribution in [0.1, 0.15) is 0 Å². The lowest BCUT2D eigenvalue weighted by Gasteiger charge is -2.04. The van der Waals surface area contributed by atoms with Gasteiger partial charge in [0.15, 0.2) is 0 Å². The summed E-state index contributed by atoms with van der Waals surface area (Å²) in [5.74, 6) is 0.729. The predicted octanol–water partition coefficient (Wildman–Crippen LogP) is 3.67. The molecule has 6 nitrogen and oxygen atoms in total. The fraction of sp³-hybridized carbons (Fsp3) is 0.0667. The Morgan fingerprint density at radius 3 is 2.33 bits per heavy atom. The molecule has 0 atom stereocenters. The summed E-state index contributed by atoms with van der Waals surface area (Å²) in [6, 6.07) is 13.1. The van der Waals surface area contributed by atoms with Gasteiger partial charge in [-0.25, -0.2) is 8.42 Å². The van der Waals surface area contributed by atoms with Crippen molar-refractivity contribution in [1.82, 2.24) is 10.2 Å². The molecule has 0 aliphatic heterocycles. The molecule has 24 heavy (non-hydrogen) atoms. The van der Waals surface area contributed by atoms with E-state index in [0.717, 1.165) is 22.6 Å². The summed E-state index contributed by atoms with van der Waals surface area (Å²) in [5.41, 5.74) is 0.824. The molecule has 1 heterocycles. The van der Waals surface area contributed by atoms with Crippen molar-refractivity contribution in [2.24, 2.45) is 0 Å². The lowest BCUT2D eigenvalue weighted by atomic mass is 10.2. The first-order valence-corrected chi connectivity index (χ1v) is 9.42. The largest absolute Gasteiger partial charge is 0.497 e. The number of aromatic nitrogens is 2. The molecule has 2 aromatic carbocycles. The third-order valence-electron chi connectivity index (χ3n) is 3.11. The van der Waals surface area contributed by atoms with E-state index in [1.54, 1.807) is 19.2 Å². The zero-order chi connectivity index (χ0) is 17.2. The Labute approximate surface area is 148 Å². The molecule has 1 N–H and O–H groups in total. The monoisotopic (exact) mass is 381 g/mol. The number of sulfonamides is 1. The van der Waals surface area contributed by atoms with Crippen LogP contribution < -0.4 is 9.46 Å². The molecular formula is C15H12ClN3O3S2. The molecule has 0 unspecified atom stereocenters. The topological polar surface area (TPSA) is 81.2 Å². The standard InChI is InChI=1S/C15H12ClN3O3S2/c1-22-12-6-2-10(3-7-12)14-17-18-15(23-14)19-24(20,21)13-8-4-11(16)5-9-13/h2-9H,1H3,(H,18,19). The Morgan fingerprint density at radius 1 is 1.04 bits per heavy atom. The average molecular weight is 382 g/mol. The van der Waals surface area contributed by atoms with E-state index in [9.17, 15) is 8.42 Å². The second-order valence-corrected chi connectivity index (χ2v) is 7.80. The molecule has 0 aliphatic carbocycles. The van der Waals surface area contributed by atoms with Gasteiger partial charge in [0.25, 0.3) is 10.0 Å². The van der Waals surface area contributed by atoms with E-state index >= 15 is 0 Å². The van der Waals surface area contributed by atoms with Gasteiger partial charge in [-0.15, -0.1) is 10.2 Å². The van der Waals surface area contributed by atoms with Crippen LogP contribution in [0.15, 0.2) is 53.4 Å².